The Bertz CT molecular complexity index is 209. The van der Waals surface area contributed by atoms with Gasteiger partial charge in [0.25, 0.3) is 0 Å². The van der Waals surface area contributed by atoms with Crippen molar-refractivity contribution in [1.82, 2.24) is 5.32 Å². The fourth-order valence-corrected chi connectivity index (χ4v) is 4.60. The van der Waals surface area contributed by atoms with Crippen LogP contribution in [0.5, 0.6) is 0 Å². The summed E-state index contributed by atoms with van der Waals surface area (Å²) in [4.78, 5) is 0. The lowest BCUT2D eigenvalue weighted by Gasteiger charge is -2.31. The van der Waals surface area contributed by atoms with Crippen molar-refractivity contribution in [2.24, 2.45) is 5.92 Å². The van der Waals surface area contributed by atoms with Crippen LogP contribution in [0.15, 0.2) is 0 Å². The summed E-state index contributed by atoms with van der Waals surface area (Å²) in [5.74, 6) is 2.41. The molecule has 1 N–H and O–H groups in total. The molecule has 2 saturated carbocycles. The molecule has 0 heterocycles. The van der Waals surface area contributed by atoms with Crippen LogP contribution in [0.2, 0.25) is 0 Å². The van der Waals surface area contributed by atoms with Gasteiger partial charge in [0.15, 0.2) is 0 Å². The van der Waals surface area contributed by atoms with Crippen molar-refractivity contribution in [1.29, 1.82) is 0 Å². The Morgan fingerprint density at radius 2 is 1.83 bits per heavy atom. The summed E-state index contributed by atoms with van der Waals surface area (Å²) >= 11 is 2.27. The summed E-state index contributed by atoms with van der Waals surface area (Å²) < 4.78 is 0. The third-order valence-corrected chi connectivity index (χ3v) is 6.15. The molecule has 2 aliphatic carbocycles. The van der Waals surface area contributed by atoms with Crippen LogP contribution in [0.25, 0.3) is 0 Å². The topological polar surface area (TPSA) is 12.0 Å². The van der Waals surface area contributed by atoms with E-state index in [0.717, 1.165) is 17.2 Å². The number of thioether (sulfide) groups is 1. The monoisotopic (exact) mass is 269 g/mol. The molecule has 0 bridgehead atoms. The average Bonchev–Trinajstić information content (AvgIpc) is 2.37. The molecule has 2 heteroatoms. The van der Waals surface area contributed by atoms with Crippen LogP contribution >= 0.6 is 11.8 Å². The Morgan fingerprint density at radius 3 is 2.44 bits per heavy atom. The van der Waals surface area contributed by atoms with Gasteiger partial charge < -0.3 is 5.32 Å². The summed E-state index contributed by atoms with van der Waals surface area (Å²) in [6.07, 6.45) is 14.6. The molecule has 2 rings (SSSR count). The maximum atomic E-state index is 3.79. The van der Waals surface area contributed by atoms with E-state index in [1.54, 1.807) is 0 Å². The molecule has 0 saturated heterocycles. The van der Waals surface area contributed by atoms with Crippen molar-refractivity contribution in [2.45, 2.75) is 82.4 Å². The highest BCUT2D eigenvalue weighted by molar-refractivity contribution is 7.99. The predicted molar refractivity (Wildman–Crippen MR) is 83.4 cm³/mol. The van der Waals surface area contributed by atoms with Gasteiger partial charge in [-0.25, -0.2) is 0 Å². The summed E-state index contributed by atoms with van der Waals surface area (Å²) in [7, 11) is 0. The van der Waals surface area contributed by atoms with E-state index in [4.69, 9.17) is 0 Å². The SMILES string of the molecule is CCCNC(CSC1CCCCC1)CC1CCC1. The number of hydrogen-bond acceptors (Lipinski definition) is 2. The zero-order chi connectivity index (χ0) is 12.6. The molecule has 0 amide bonds. The molecular formula is C16H31NS. The smallest absolute Gasteiger partial charge is 0.0160 e. The van der Waals surface area contributed by atoms with Gasteiger partial charge in [-0.05, 0) is 38.1 Å². The van der Waals surface area contributed by atoms with Crippen molar-refractivity contribution < 1.29 is 0 Å². The first kappa shape index (κ1) is 14.7. The van der Waals surface area contributed by atoms with Gasteiger partial charge in [-0.15, -0.1) is 0 Å². The van der Waals surface area contributed by atoms with Crippen LogP contribution in [0.3, 0.4) is 0 Å². The van der Waals surface area contributed by atoms with Gasteiger partial charge in [0.2, 0.25) is 0 Å². The Hall–Kier alpha value is 0.310. The number of hydrogen-bond donors (Lipinski definition) is 1. The molecule has 0 aromatic carbocycles. The molecule has 18 heavy (non-hydrogen) atoms. The summed E-state index contributed by atoms with van der Waals surface area (Å²) in [5.41, 5.74) is 0. The molecule has 106 valence electrons. The molecule has 1 unspecified atom stereocenters. The first-order chi connectivity index (χ1) is 8.88. The van der Waals surface area contributed by atoms with Crippen LogP contribution in [-0.2, 0) is 0 Å². The summed E-state index contributed by atoms with van der Waals surface area (Å²) in [6.45, 7) is 3.49. The number of nitrogens with one attached hydrogen (secondary N) is 1. The average molecular weight is 269 g/mol. The van der Waals surface area contributed by atoms with Crippen LogP contribution in [0, 0.1) is 5.92 Å². The Balaban J connectivity index is 1.65. The highest BCUT2D eigenvalue weighted by atomic mass is 32.2. The molecule has 2 aliphatic rings. The zero-order valence-electron chi connectivity index (χ0n) is 12.1. The van der Waals surface area contributed by atoms with E-state index in [0.29, 0.717) is 0 Å². The maximum absolute atomic E-state index is 3.79. The van der Waals surface area contributed by atoms with Crippen molar-refractivity contribution >= 4 is 11.8 Å². The van der Waals surface area contributed by atoms with Crippen LogP contribution in [0.4, 0.5) is 0 Å². The lowest BCUT2D eigenvalue weighted by molar-refractivity contribution is 0.267. The molecule has 1 atom stereocenters. The molecular weight excluding hydrogens is 238 g/mol. The molecule has 0 aromatic rings. The van der Waals surface area contributed by atoms with E-state index in [1.165, 1.54) is 76.5 Å². The molecule has 0 radical (unpaired) electrons. The first-order valence-corrected chi connectivity index (χ1v) is 9.28. The number of rotatable bonds is 8. The molecule has 2 fully saturated rings. The van der Waals surface area contributed by atoms with Crippen LogP contribution in [0.1, 0.15) is 71.1 Å². The second-order valence-electron chi connectivity index (χ2n) is 6.28. The van der Waals surface area contributed by atoms with Crippen LogP contribution < -0.4 is 5.32 Å². The molecule has 1 nitrogen and oxygen atoms in total. The minimum Gasteiger partial charge on any atom is -0.313 e. The van der Waals surface area contributed by atoms with Crippen molar-refractivity contribution in [3.63, 3.8) is 0 Å². The van der Waals surface area contributed by atoms with Gasteiger partial charge in [-0.1, -0.05) is 45.4 Å². The summed E-state index contributed by atoms with van der Waals surface area (Å²) in [5, 5.41) is 4.77. The highest BCUT2D eigenvalue weighted by Gasteiger charge is 2.23. The van der Waals surface area contributed by atoms with E-state index >= 15 is 0 Å². The van der Waals surface area contributed by atoms with Gasteiger partial charge in [-0.3, -0.25) is 0 Å². The third kappa shape index (κ3) is 5.13. The minimum atomic E-state index is 0.794. The van der Waals surface area contributed by atoms with Gasteiger partial charge in [-0.2, -0.15) is 11.8 Å². The quantitative estimate of drug-likeness (QED) is 0.690. The van der Waals surface area contributed by atoms with E-state index in [-0.39, 0.29) is 0 Å². The largest absolute Gasteiger partial charge is 0.313 e. The standard InChI is InChI=1S/C16H31NS/c1-2-11-17-15(12-14-7-6-8-14)13-18-16-9-4-3-5-10-16/h14-17H,2-13H2,1H3. The van der Waals surface area contributed by atoms with Crippen LogP contribution in [-0.4, -0.2) is 23.6 Å². The molecule has 0 aromatic heterocycles. The van der Waals surface area contributed by atoms with Crippen molar-refractivity contribution in [3.8, 4) is 0 Å². The highest BCUT2D eigenvalue weighted by Crippen LogP contribution is 2.33. The second kappa shape index (κ2) is 8.47. The van der Waals surface area contributed by atoms with E-state index in [9.17, 15) is 0 Å². The zero-order valence-corrected chi connectivity index (χ0v) is 12.9. The lowest BCUT2D eigenvalue weighted by atomic mass is 9.81. The Morgan fingerprint density at radius 1 is 1.06 bits per heavy atom. The van der Waals surface area contributed by atoms with Gasteiger partial charge in [0.05, 0.1) is 0 Å². The van der Waals surface area contributed by atoms with E-state index < -0.39 is 0 Å². The van der Waals surface area contributed by atoms with E-state index in [2.05, 4.69) is 24.0 Å². The fraction of sp³-hybridized carbons (Fsp3) is 1.00. The van der Waals surface area contributed by atoms with E-state index in [1.807, 2.05) is 0 Å². The van der Waals surface area contributed by atoms with Gasteiger partial charge in [0, 0.05) is 17.0 Å². The Labute approximate surface area is 118 Å². The fourth-order valence-electron chi connectivity index (χ4n) is 3.17. The molecule has 0 spiro atoms. The minimum absolute atomic E-state index is 0.794. The maximum Gasteiger partial charge on any atom is 0.0160 e. The Kier molecular flexibility index (Phi) is 6.93. The summed E-state index contributed by atoms with van der Waals surface area (Å²) in [6, 6.07) is 0.794. The first-order valence-electron chi connectivity index (χ1n) is 8.23. The van der Waals surface area contributed by atoms with Crippen molar-refractivity contribution in [3.05, 3.63) is 0 Å². The predicted octanol–water partition coefficient (Wildman–Crippen LogP) is 4.61. The normalized spacial score (nSPS) is 23.8. The molecule has 0 aliphatic heterocycles. The van der Waals surface area contributed by atoms with Crippen molar-refractivity contribution in [2.75, 3.05) is 12.3 Å². The third-order valence-electron chi connectivity index (χ3n) is 4.61. The van der Waals surface area contributed by atoms with Gasteiger partial charge in [0.1, 0.15) is 0 Å². The lowest BCUT2D eigenvalue weighted by Crippen LogP contribution is -2.36. The van der Waals surface area contributed by atoms with Gasteiger partial charge >= 0.3 is 0 Å². The second-order valence-corrected chi connectivity index (χ2v) is 7.61.